The molecule has 0 radical (unpaired) electrons. The molecule has 1 fully saturated rings. The minimum absolute atomic E-state index is 0.144. The number of ether oxygens (including phenoxy) is 2. The van der Waals surface area contributed by atoms with Crippen LogP contribution in [-0.2, 0) is 14.3 Å². The molecule has 0 spiro atoms. The first-order chi connectivity index (χ1) is 16.1. The number of nitrogens with zero attached hydrogens (tertiary/aromatic N) is 1. The Labute approximate surface area is 197 Å². The van der Waals surface area contributed by atoms with Crippen molar-refractivity contribution in [3.63, 3.8) is 0 Å². The zero-order chi connectivity index (χ0) is 23.9. The van der Waals surface area contributed by atoms with E-state index in [9.17, 15) is 14.4 Å². The Bertz CT molecular complexity index is 762. The SMILES string of the molecule is C=CCOc1ccc(C(=O)N2CCNC(=O)C2CC(=O)OCCCCCCCCCC)cc1. The molecule has 1 N–H and O–H groups in total. The summed E-state index contributed by atoms with van der Waals surface area (Å²) in [5.74, 6) is -0.444. The summed E-state index contributed by atoms with van der Waals surface area (Å²) in [7, 11) is 0. The van der Waals surface area contributed by atoms with E-state index in [0.29, 0.717) is 37.6 Å². The Kier molecular flexibility index (Phi) is 12.1. The summed E-state index contributed by atoms with van der Waals surface area (Å²) in [6.45, 7) is 7.24. The number of amides is 2. The van der Waals surface area contributed by atoms with Crippen LogP contribution < -0.4 is 10.1 Å². The lowest BCUT2D eigenvalue weighted by Crippen LogP contribution is -2.57. The third kappa shape index (κ3) is 9.28. The van der Waals surface area contributed by atoms with Crippen molar-refractivity contribution in [3.05, 3.63) is 42.5 Å². The van der Waals surface area contributed by atoms with Crippen LogP contribution in [0, 0.1) is 0 Å². The van der Waals surface area contributed by atoms with E-state index in [2.05, 4.69) is 18.8 Å². The van der Waals surface area contributed by atoms with Crippen molar-refractivity contribution in [3.8, 4) is 5.75 Å². The molecule has 1 saturated heterocycles. The first-order valence-electron chi connectivity index (χ1n) is 12.1. The highest BCUT2D eigenvalue weighted by Gasteiger charge is 2.35. The standard InChI is InChI=1S/C26H38N2O5/c1-3-5-6-7-8-9-10-11-19-33-24(29)20-23-25(30)27-16-17-28(23)26(31)21-12-14-22(15-13-21)32-18-4-2/h4,12-15,23H,2-3,5-11,16-20H2,1H3,(H,27,30). The molecule has 2 rings (SSSR count). The summed E-state index contributed by atoms with van der Waals surface area (Å²) >= 11 is 0. The molecular formula is C26H38N2O5. The Morgan fingerprint density at radius 1 is 1.09 bits per heavy atom. The number of carbonyl (C=O) groups excluding carboxylic acids is 3. The van der Waals surface area contributed by atoms with Crippen molar-refractivity contribution in [1.29, 1.82) is 0 Å². The fourth-order valence-corrected chi connectivity index (χ4v) is 3.81. The molecule has 1 aliphatic heterocycles. The van der Waals surface area contributed by atoms with Crippen LogP contribution in [0.15, 0.2) is 36.9 Å². The fourth-order valence-electron chi connectivity index (χ4n) is 3.81. The van der Waals surface area contributed by atoms with Gasteiger partial charge in [-0.3, -0.25) is 14.4 Å². The molecule has 7 nitrogen and oxygen atoms in total. The van der Waals surface area contributed by atoms with E-state index in [1.807, 2.05) is 0 Å². The van der Waals surface area contributed by atoms with Crippen molar-refractivity contribution in [2.45, 2.75) is 70.8 Å². The van der Waals surface area contributed by atoms with E-state index in [4.69, 9.17) is 9.47 Å². The predicted molar refractivity (Wildman–Crippen MR) is 128 cm³/mol. The highest BCUT2D eigenvalue weighted by atomic mass is 16.5. The number of piperazine rings is 1. The van der Waals surface area contributed by atoms with Crippen LogP contribution in [0.1, 0.15) is 75.1 Å². The summed E-state index contributed by atoms with van der Waals surface area (Å²) in [6, 6.07) is 5.85. The molecule has 1 aromatic rings. The van der Waals surface area contributed by atoms with Crippen molar-refractivity contribution >= 4 is 17.8 Å². The predicted octanol–water partition coefficient (Wildman–Crippen LogP) is 4.27. The lowest BCUT2D eigenvalue weighted by atomic mass is 10.1. The summed E-state index contributed by atoms with van der Waals surface area (Å²) in [6.07, 6.45) is 10.8. The van der Waals surface area contributed by atoms with Gasteiger partial charge in [0.05, 0.1) is 13.0 Å². The Morgan fingerprint density at radius 3 is 2.42 bits per heavy atom. The highest BCUT2D eigenvalue weighted by molar-refractivity contribution is 5.99. The maximum absolute atomic E-state index is 13.0. The van der Waals surface area contributed by atoms with Gasteiger partial charge >= 0.3 is 5.97 Å². The monoisotopic (exact) mass is 458 g/mol. The molecule has 1 aromatic carbocycles. The van der Waals surface area contributed by atoms with Gasteiger partial charge in [0, 0.05) is 18.7 Å². The van der Waals surface area contributed by atoms with Gasteiger partial charge < -0.3 is 19.7 Å². The van der Waals surface area contributed by atoms with Crippen LogP contribution in [0.2, 0.25) is 0 Å². The largest absolute Gasteiger partial charge is 0.490 e. The van der Waals surface area contributed by atoms with E-state index in [0.717, 1.165) is 19.3 Å². The number of hydrogen-bond donors (Lipinski definition) is 1. The molecule has 182 valence electrons. The first-order valence-corrected chi connectivity index (χ1v) is 12.1. The summed E-state index contributed by atoms with van der Waals surface area (Å²) in [5.41, 5.74) is 0.438. The van der Waals surface area contributed by atoms with Gasteiger partial charge in [-0.05, 0) is 30.7 Å². The van der Waals surface area contributed by atoms with Crippen molar-refractivity contribution in [1.82, 2.24) is 10.2 Å². The van der Waals surface area contributed by atoms with Crippen molar-refractivity contribution in [2.75, 3.05) is 26.3 Å². The normalized spacial score (nSPS) is 15.6. The molecule has 0 saturated carbocycles. The molecule has 1 unspecified atom stereocenters. The number of rotatable bonds is 15. The van der Waals surface area contributed by atoms with Gasteiger partial charge in [0.25, 0.3) is 5.91 Å². The maximum Gasteiger partial charge on any atom is 0.308 e. The number of hydrogen-bond acceptors (Lipinski definition) is 5. The van der Waals surface area contributed by atoms with Crippen LogP contribution in [0.3, 0.4) is 0 Å². The van der Waals surface area contributed by atoms with Crippen LogP contribution in [0.4, 0.5) is 0 Å². The zero-order valence-electron chi connectivity index (χ0n) is 19.9. The van der Waals surface area contributed by atoms with E-state index in [1.165, 1.54) is 37.0 Å². The second-order valence-corrected chi connectivity index (χ2v) is 8.33. The number of esters is 1. The maximum atomic E-state index is 13.0. The number of nitrogens with one attached hydrogen (secondary N) is 1. The van der Waals surface area contributed by atoms with Crippen LogP contribution in [0.25, 0.3) is 0 Å². The Morgan fingerprint density at radius 2 is 1.76 bits per heavy atom. The van der Waals surface area contributed by atoms with E-state index < -0.39 is 12.0 Å². The van der Waals surface area contributed by atoms with Gasteiger partial charge in [0.2, 0.25) is 5.91 Å². The molecule has 1 heterocycles. The van der Waals surface area contributed by atoms with Gasteiger partial charge in [-0.25, -0.2) is 0 Å². The average molecular weight is 459 g/mol. The van der Waals surface area contributed by atoms with Crippen LogP contribution in [-0.4, -0.2) is 55.0 Å². The third-order valence-corrected chi connectivity index (χ3v) is 5.68. The summed E-state index contributed by atoms with van der Waals surface area (Å²) < 4.78 is 10.8. The molecule has 0 aromatic heterocycles. The van der Waals surface area contributed by atoms with E-state index in [-0.39, 0.29) is 18.2 Å². The molecular weight excluding hydrogens is 420 g/mol. The molecule has 1 atom stereocenters. The number of carbonyl (C=O) groups is 3. The van der Waals surface area contributed by atoms with Gasteiger partial charge in [-0.2, -0.15) is 0 Å². The number of unbranched alkanes of at least 4 members (excludes halogenated alkanes) is 7. The molecule has 1 aliphatic rings. The van der Waals surface area contributed by atoms with Gasteiger partial charge in [0.15, 0.2) is 0 Å². The van der Waals surface area contributed by atoms with Crippen molar-refractivity contribution in [2.24, 2.45) is 0 Å². The second-order valence-electron chi connectivity index (χ2n) is 8.33. The molecule has 2 amide bonds. The number of benzene rings is 1. The lowest BCUT2D eigenvalue weighted by molar-refractivity contribution is -0.147. The summed E-state index contributed by atoms with van der Waals surface area (Å²) in [5, 5.41) is 2.74. The average Bonchev–Trinajstić information content (AvgIpc) is 2.83. The fraction of sp³-hybridized carbons (Fsp3) is 0.577. The zero-order valence-corrected chi connectivity index (χ0v) is 19.9. The quantitative estimate of drug-likeness (QED) is 0.241. The Hall–Kier alpha value is -2.83. The van der Waals surface area contributed by atoms with Gasteiger partial charge in [-0.1, -0.05) is 64.5 Å². The molecule has 7 heteroatoms. The summed E-state index contributed by atoms with van der Waals surface area (Å²) in [4.78, 5) is 39.3. The van der Waals surface area contributed by atoms with Gasteiger partial charge in [0.1, 0.15) is 18.4 Å². The Balaban J connectivity index is 1.80. The van der Waals surface area contributed by atoms with Crippen LogP contribution in [0.5, 0.6) is 5.75 Å². The van der Waals surface area contributed by atoms with E-state index >= 15 is 0 Å². The topological polar surface area (TPSA) is 84.9 Å². The second kappa shape index (κ2) is 15.1. The molecule has 0 aliphatic carbocycles. The smallest absolute Gasteiger partial charge is 0.308 e. The molecule has 33 heavy (non-hydrogen) atoms. The minimum Gasteiger partial charge on any atom is -0.490 e. The van der Waals surface area contributed by atoms with Gasteiger partial charge in [-0.15, -0.1) is 0 Å². The first kappa shape index (κ1) is 26.4. The van der Waals surface area contributed by atoms with Crippen LogP contribution >= 0.6 is 0 Å². The third-order valence-electron chi connectivity index (χ3n) is 5.68. The van der Waals surface area contributed by atoms with Crippen molar-refractivity contribution < 1.29 is 23.9 Å². The minimum atomic E-state index is -0.867. The lowest BCUT2D eigenvalue weighted by Gasteiger charge is -2.34. The molecule has 0 bridgehead atoms. The van der Waals surface area contributed by atoms with E-state index in [1.54, 1.807) is 30.3 Å². The highest BCUT2D eigenvalue weighted by Crippen LogP contribution is 2.18.